The average Bonchev–Trinajstić information content (AvgIpc) is 2.74. The molecule has 3 rings (SSSR count). The third-order valence-electron chi connectivity index (χ3n) is 5.01. The van der Waals surface area contributed by atoms with Crippen molar-refractivity contribution in [3.63, 3.8) is 0 Å². The number of aryl methyl sites for hydroxylation is 1. The minimum Gasteiger partial charge on any atom is -0.468 e. The summed E-state index contributed by atoms with van der Waals surface area (Å²) in [6, 6.07) is 10.6. The second kappa shape index (κ2) is 9.66. The van der Waals surface area contributed by atoms with Crippen molar-refractivity contribution in [1.82, 2.24) is 14.8 Å². The molecular weight excluding hydrogens is 378 g/mol. The first-order valence-electron chi connectivity index (χ1n) is 9.33. The molecule has 2 aromatic rings. The van der Waals surface area contributed by atoms with Crippen LogP contribution in [0.3, 0.4) is 0 Å². The molecule has 1 fully saturated rings. The summed E-state index contributed by atoms with van der Waals surface area (Å²) >= 11 is 6.31. The number of rotatable bonds is 6. The molecule has 0 radical (unpaired) electrons. The molecule has 1 aromatic carbocycles. The Morgan fingerprint density at radius 3 is 2.54 bits per heavy atom. The van der Waals surface area contributed by atoms with Gasteiger partial charge in [0, 0.05) is 50.0 Å². The van der Waals surface area contributed by atoms with Crippen molar-refractivity contribution in [2.45, 2.75) is 18.9 Å². The molecule has 1 amide bonds. The summed E-state index contributed by atoms with van der Waals surface area (Å²) in [5, 5.41) is 0.535. The van der Waals surface area contributed by atoms with Gasteiger partial charge in [0.15, 0.2) is 0 Å². The molecule has 7 heteroatoms. The van der Waals surface area contributed by atoms with Crippen LogP contribution in [0.25, 0.3) is 0 Å². The SMILES string of the molecule is COC(=O)C(c1ccccc1Cl)N1CCN(C(=O)CCc2cccnc2)CC1. The van der Waals surface area contributed by atoms with Gasteiger partial charge in [-0.3, -0.25) is 14.7 Å². The number of ether oxygens (including phenoxy) is 1. The third-order valence-corrected chi connectivity index (χ3v) is 5.35. The van der Waals surface area contributed by atoms with Crippen LogP contribution in [0.5, 0.6) is 0 Å². The normalized spacial score (nSPS) is 15.9. The third kappa shape index (κ3) is 4.88. The Bertz CT molecular complexity index is 808. The van der Waals surface area contributed by atoms with Crippen LogP contribution in [0.2, 0.25) is 5.02 Å². The van der Waals surface area contributed by atoms with Gasteiger partial charge in [-0.25, -0.2) is 4.79 Å². The fourth-order valence-electron chi connectivity index (χ4n) is 3.47. The summed E-state index contributed by atoms with van der Waals surface area (Å²) < 4.78 is 5.01. The summed E-state index contributed by atoms with van der Waals surface area (Å²) in [7, 11) is 1.38. The van der Waals surface area contributed by atoms with E-state index >= 15 is 0 Å². The molecule has 1 saturated heterocycles. The Hall–Kier alpha value is -2.44. The monoisotopic (exact) mass is 401 g/mol. The summed E-state index contributed by atoms with van der Waals surface area (Å²) in [6.07, 6.45) is 4.64. The number of hydrogen-bond acceptors (Lipinski definition) is 5. The Morgan fingerprint density at radius 2 is 1.89 bits per heavy atom. The summed E-state index contributed by atoms with van der Waals surface area (Å²) in [6.45, 7) is 2.32. The number of benzene rings is 1. The molecule has 6 nitrogen and oxygen atoms in total. The molecule has 1 aliphatic rings. The van der Waals surface area contributed by atoms with Gasteiger partial charge in [0.2, 0.25) is 5.91 Å². The molecule has 2 heterocycles. The summed E-state index contributed by atoms with van der Waals surface area (Å²) in [5.74, 6) is -0.222. The van der Waals surface area contributed by atoms with Gasteiger partial charge >= 0.3 is 5.97 Å². The molecule has 28 heavy (non-hydrogen) atoms. The maximum Gasteiger partial charge on any atom is 0.327 e. The van der Waals surface area contributed by atoms with Gasteiger partial charge in [-0.1, -0.05) is 35.9 Å². The first-order chi connectivity index (χ1) is 13.6. The topological polar surface area (TPSA) is 62.7 Å². The highest BCUT2D eigenvalue weighted by Crippen LogP contribution is 2.29. The quantitative estimate of drug-likeness (QED) is 0.696. The van der Waals surface area contributed by atoms with Gasteiger partial charge in [0.25, 0.3) is 0 Å². The Kier molecular flexibility index (Phi) is 7.01. The maximum absolute atomic E-state index is 12.5. The number of pyridine rings is 1. The number of carbonyl (C=O) groups excluding carboxylic acids is 2. The maximum atomic E-state index is 12.5. The molecule has 0 spiro atoms. The molecule has 1 aromatic heterocycles. The van der Waals surface area contributed by atoms with Crippen molar-refractivity contribution in [2.24, 2.45) is 0 Å². The van der Waals surface area contributed by atoms with Crippen LogP contribution in [-0.2, 0) is 20.7 Å². The molecule has 0 bridgehead atoms. The number of piperazine rings is 1. The summed E-state index contributed by atoms with van der Waals surface area (Å²) in [5.41, 5.74) is 1.78. The fourth-order valence-corrected chi connectivity index (χ4v) is 3.71. The lowest BCUT2D eigenvalue weighted by Crippen LogP contribution is -2.51. The van der Waals surface area contributed by atoms with Gasteiger partial charge in [-0.2, -0.15) is 0 Å². The van der Waals surface area contributed by atoms with E-state index in [1.54, 1.807) is 18.5 Å². The van der Waals surface area contributed by atoms with E-state index in [1.165, 1.54) is 7.11 Å². The highest BCUT2D eigenvalue weighted by atomic mass is 35.5. The second-order valence-electron chi connectivity index (χ2n) is 6.73. The van der Waals surface area contributed by atoms with E-state index in [2.05, 4.69) is 4.98 Å². The van der Waals surface area contributed by atoms with Gasteiger partial charge in [-0.05, 0) is 29.7 Å². The molecular formula is C21H24ClN3O3. The van der Waals surface area contributed by atoms with Crippen molar-refractivity contribution in [3.8, 4) is 0 Å². The Labute approximate surface area is 170 Å². The van der Waals surface area contributed by atoms with E-state index in [9.17, 15) is 9.59 Å². The number of aromatic nitrogens is 1. The molecule has 1 atom stereocenters. The summed E-state index contributed by atoms with van der Waals surface area (Å²) in [4.78, 5) is 32.9. The van der Waals surface area contributed by atoms with E-state index in [1.807, 2.05) is 40.1 Å². The molecule has 148 valence electrons. The zero-order valence-electron chi connectivity index (χ0n) is 15.9. The minimum absolute atomic E-state index is 0.121. The number of esters is 1. The molecule has 1 unspecified atom stereocenters. The van der Waals surface area contributed by atoms with Gasteiger partial charge in [-0.15, -0.1) is 0 Å². The molecule has 0 saturated carbocycles. The number of amides is 1. The van der Waals surface area contributed by atoms with Crippen LogP contribution in [0.4, 0.5) is 0 Å². The van der Waals surface area contributed by atoms with Crippen LogP contribution in [-0.4, -0.2) is 59.9 Å². The number of methoxy groups -OCH3 is 1. The predicted octanol–water partition coefficient (Wildman–Crippen LogP) is 2.73. The first kappa shape index (κ1) is 20.3. The lowest BCUT2D eigenvalue weighted by atomic mass is 10.0. The van der Waals surface area contributed by atoms with Crippen LogP contribution < -0.4 is 0 Å². The Morgan fingerprint density at radius 1 is 1.14 bits per heavy atom. The van der Waals surface area contributed by atoms with Crippen LogP contribution >= 0.6 is 11.6 Å². The molecule has 1 aliphatic heterocycles. The number of nitrogens with zero attached hydrogens (tertiary/aromatic N) is 3. The van der Waals surface area contributed by atoms with Gasteiger partial charge in [0.05, 0.1) is 7.11 Å². The lowest BCUT2D eigenvalue weighted by molar-refractivity contribution is -0.148. The van der Waals surface area contributed by atoms with E-state index < -0.39 is 6.04 Å². The van der Waals surface area contributed by atoms with Crippen molar-refractivity contribution in [2.75, 3.05) is 33.3 Å². The fraction of sp³-hybridized carbons (Fsp3) is 0.381. The van der Waals surface area contributed by atoms with Crippen molar-refractivity contribution < 1.29 is 14.3 Å². The minimum atomic E-state index is -0.564. The van der Waals surface area contributed by atoms with E-state index in [0.717, 1.165) is 11.1 Å². The van der Waals surface area contributed by atoms with Crippen molar-refractivity contribution in [1.29, 1.82) is 0 Å². The van der Waals surface area contributed by atoms with Gasteiger partial charge in [0.1, 0.15) is 6.04 Å². The van der Waals surface area contributed by atoms with E-state index in [-0.39, 0.29) is 11.9 Å². The van der Waals surface area contributed by atoms with Crippen LogP contribution in [0, 0.1) is 0 Å². The predicted molar refractivity (Wildman–Crippen MR) is 107 cm³/mol. The highest BCUT2D eigenvalue weighted by molar-refractivity contribution is 6.31. The zero-order chi connectivity index (χ0) is 19.9. The number of carbonyl (C=O) groups is 2. The standard InChI is InChI=1S/C21H24ClN3O3/c1-28-21(27)20(17-6-2-3-7-18(17)22)25-13-11-24(12-14-25)19(26)9-8-16-5-4-10-23-15-16/h2-7,10,15,20H,8-9,11-14H2,1H3. The van der Waals surface area contributed by atoms with Crippen LogP contribution in [0.15, 0.2) is 48.8 Å². The molecule has 0 N–H and O–H groups in total. The van der Waals surface area contributed by atoms with Crippen molar-refractivity contribution in [3.05, 3.63) is 64.9 Å². The second-order valence-corrected chi connectivity index (χ2v) is 7.13. The smallest absolute Gasteiger partial charge is 0.327 e. The largest absolute Gasteiger partial charge is 0.468 e. The molecule has 0 aliphatic carbocycles. The zero-order valence-corrected chi connectivity index (χ0v) is 16.6. The lowest BCUT2D eigenvalue weighted by Gasteiger charge is -2.38. The number of hydrogen-bond donors (Lipinski definition) is 0. The van der Waals surface area contributed by atoms with E-state index in [4.69, 9.17) is 16.3 Å². The number of halogens is 1. The van der Waals surface area contributed by atoms with Crippen molar-refractivity contribution >= 4 is 23.5 Å². The van der Waals surface area contributed by atoms with Gasteiger partial charge < -0.3 is 9.64 Å². The van der Waals surface area contributed by atoms with Crippen LogP contribution in [0.1, 0.15) is 23.6 Å². The van der Waals surface area contributed by atoms with E-state index in [0.29, 0.717) is 44.0 Å². The average molecular weight is 402 g/mol. The Balaban J connectivity index is 1.60. The first-order valence-corrected chi connectivity index (χ1v) is 9.71. The highest BCUT2D eigenvalue weighted by Gasteiger charge is 2.33.